The maximum atomic E-state index is 12.5. The number of esters is 1. The minimum absolute atomic E-state index is 0.0973. The van der Waals surface area contributed by atoms with Crippen molar-refractivity contribution in [2.75, 3.05) is 13.2 Å². The van der Waals surface area contributed by atoms with E-state index >= 15 is 0 Å². The number of benzene rings is 3. The van der Waals surface area contributed by atoms with Gasteiger partial charge in [0.15, 0.2) is 0 Å². The molecule has 288 valence electrons. The van der Waals surface area contributed by atoms with Crippen molar-refractivity contribution in [1.82, 2.24) is 15.3 Å². The van der Waals surface area contributed by atoms with Gasteiger partial charge in [0.05, 0.1) is 23.7 Å². The lowest BCUT2D eigenvalue weighted by Crippen LogP contribution is -2.21. The normalized spacial score (nSPS) is 13.9. The Labute approximate surface area is 323 Å². The number of hydrogen-bond donors (Lipinski definition) is 3. The Bertz CT molecular complexity index is 1940. The summed E-state index contributed by atoms with van der Waals surface area (Å²) < 4.78 is 4.98. The fourth-order valence-corrected chi connectivity index (χ4v) is 6.35. The smallest absolute Gasteiger partial charge is 0.348 e. The molecule has 0 bridgehead atoms. The molecule has 3 aromatic carbocycles. The van der Waals surface area contributed by atoms with Crippen LogP contribution in [0.4, 0.5) is 0 Å². The van der Waals surface area contributed by atoms with Crippen molar-refractivity contribution in [3.63, 3.8) is 0 Å². The number of unbranched alkanes of at least 4 members (excludes halogenated alkanes) is 9. The fraction of sp³-hybridized carbons (Fsp3) is 0.356. The largest absolute Gasteiger partial charge is 0.478 e. The zero-order valence-corrected chi connectivity index (χ0v) is 31.9. The number of aliphatic carboxylic acids is 1. The third-order valence-corrected chi connectivity index (χ3v) is 9.48. The van der Waals surface area contributed by atoms with Gasteiger partial charge in [0, 0.05) is 41.8 Å². The SMILES string of the molecule is CCCCCCCCCCCCNC(=O)/C=C/c1ccc(-c2[nH]c(-c3ccc(/C=C/C(=O)OCC)cc3)nc2-c2ccc(C3=NOC(C(=O)O)C3)cc2)cc1. The van der Waals surface area contributed by atoms with E-state index in [1.807, 2.05) is 78.9 Å². The van der Waals surface area contributed by atoms with Gasteiger partial charge in [-0.15, -0.1) is 0 Å². The van der Waals surface area contributed by atoms with Gasteiger partial charge in [0.25, 0.3) is 0 Å². The van der Waals surface area contributed by atoms with Crippen LogP contribution < -0.4 is 5.32 Å². The second-order valence-electron chi connectivity index (χ2n) is 13.7. The molecule has 0 fully saturated rings. The van der Waals surface area contributed by atoms with Crippen LogP contribution >= 0.6 is 0 Å². The topological polar surface area (TPSA) is 143 Å². The highest BCUT2D eigenvalue weighted by molar-refractivity contribution is 6.03. The van der Waals surface area contributed by atoms with Gasteiger partial charge in [0.1, 0.15) is 5.82 Å². The Kier molecular flexibility index (Phi) is 15.6. The number of aromatic nitrogens is 2. The average Bonchev–Trinajstić information content (AvgIpc) is 3.88. The molecule has 1 unspecified atom stereocenters. The van der Waals surface area contributed by atoms with Gasteiger partial charge < -0.3 is 25.0 Å². The molecule has 0 saturated carbocycles. The number of amides is 1. The minimum atomic E-state index is -1.04. The number of carboxylic acid groups (broad SMARTS) is 1. The Morgan fingerprint density at radius 2 is 1.33 bits per heavy atom. The molecule has 2 heterocycles. The van der Waals surface area contributed by atoms with E-state index in [4.69, 9.17) is 14.6 Å². The first-order valence-corrected chi connectivity index (χ1v) is 19.5. The van der Waals surface area contributed by atoms with E-state index in [1.54, 1.807) is 19.1 Å². The van der Waals surface area contributed by atoms with Gasteiger partial charge in [-0.1, -0.05) is 143 Å². The van der Waals surface area contributed by atoms with Crippen molar-refractivity contribution >= 4 is 35.7 Å². The number of H-pyrrole nitrogens is 1. The van der Waals surface area contributed by atoms with Crippen molar-refractivity contribution in [3.05, 3.63) is 102 Å². The highest BCUT2D eigenvalue weighted by Gasteiger charge is 2.28. The van der Waals surface area contributed by atoms with Crippen molar-refractivity contribution in [3.8, 4) is 33.9 Å². The quantitative estimate of drug-likeness (QED) is 0.0438. The molecule has 1 amide bonds. The molecule has 1 aromatic heterocycles. The van der Waals surface area contributed by atoms with Crippen molar-refractivity contribution < 1.29 is 29.1 Å². The minimum Gasteiger partial charge on any atom is -0.478 e. The van der Waals surface area contributed by atoms with Crippen molar-refractivity contribution in [1.29, 1.82) is 0 Å². The molecule has 0 aliphatic carbocycles. The van der Waals surface area contributed by atoms with E-state index in [0.717, 1.165) is 57.6 Å². The molecule has 10 nitrogen and oxygen atoms in total. The molecule has 0 saturated heterocycles. The van der Waals surface area contributed by atoms with E-state index in [0.29, 0.717) is 24.7 Å². The van der Waals surface area contributed by atoms with E-state index < -0.39 is 18.0 Å². The average molecular weight is 745 g/mol. The summed E-state index contributed by atoms with van der Waals surface area (Å²) in [5, 5.41) is 16.3. The standard InChI is InChI=1S/C45H52N4O6/c1-3-5-6-7-8-9-10-11-12-13-30-46-40(50)28-18-32-14-20-35(21-15-32)42-43(36-26-24-34(25-27-36)38-31-39(45(52)53)55-49-38)48-44(47-42)37-22-16-33(17-23-37)19-29-41(51)54-4-2/h14-29,39H,3-13,30-31H2,1-2H3,(H,46,50)(H,47,48)(H,52,53)/b28-18+,29-19+. The number of carbonyl (C=O) groups is 3. The molecule has 3 N–H and O–H groups in total. The number of hydrogen-bond acceptors (Lipinski definition) is 7. The third kappa shape index (κ3) is 12.4. The van der Waals surface area contributed by atoms with Crippen LogP contribution in [0.25, 0.3) is 46.1 Å². The zero-order valence-electron chi connectivity index (χ0n) is 31.9. The van der Waals surface area contributed by atoms with E-state index in [9.17, 15) is 19.5 Å². The number of aromatic amines is 1. The Hall–Kier alpha value is -5.77. The molecular weight excluding hydrogens is 693 g/mol. The summed E-state index contributed by atoms with van der Waals surface area (Å²) in [5.41, 5.74) is 7.27. The van der Waals surface area contributed by atoms with Gasteiger partial charge in [0.2, 0.25) is 12.0 Å². The number of oxime groups is 1. The van der Waals surface area contributed by atoms with E-state index in [2.05, 4.69) is 22.4 Å². The summed E-state index contributed by atoms with van der Waals surface area (Å²) in [5.74, 6) is -0.871. The van der Waals surface area contributed by atoms with Crippen LogP contribution in [0.15, 0.2) is 90.1 Å². The maximum absolute atomic E-state index is 12.5. The Morgan fingerprint density at radius 1 is 0.764 bits per heavy atom. The lowest BCUT2D eigenvalue weighted by molar-refractivity contribution is -0.148. The fourth-order valence-electron chi connectivity index (χ4n) is 6.35. The molecule has 1 atom stereocenters. The summed E-state index contributed by atoms with van der Waals surface area (Å²) in [6, 6.07) is 23.3. The Balaban J connectivity index is 1.25. The lowest BCUT2D eigenvalue weighted by atomic mass is 10.00. The first-order chi connectivity index (χ1) is 26.8. The zero-order chi connectivity index (χ0) is 38.8. The van der Waals surface area contributed by atoms with Crippen LogP contribution in [0.1, 0.15) is 101 Å². The van der Waals surface area contributed by atoms with E-state index in [-0.39, 0.29) is 12.3 Å². The summed E-state index contributed by atoms with van der Waals surface area (Å²) in [7, 11) is 0. The van der Waals surface area contributed by atoms with Gasteiger partial charge in [-0.3, -0.25) is 4.79 Å². The summed E-state index contributed by atoms with van der Waals surface area (Å²) in [6.45, 7) is 5.01. The number of rotatable bonds is 21. The second kappa shape index (κ2) is 21.2. The first-order valence-electron chi connectivity index (χ1n) is 19.5. The molecule has 1 aliphatic heterocycles. The second-order valence-corrected chi connectivity index (χ2v) is 13.7. The molecule has 0 radical (unpaired) electrons. The number of nitrogens with one attached hydrogen (secondary N) is 2. The van der Waals surface area contributed by atoms with Crippen molar-refractivity contribution in [2.45, 2.75) is 90.6 Å². The summed E-state index contributed by atoms with van der Waals surface area (Å²) in [6.07, 6.45) is 18.3. The van der Waals surface area contributed by atoms with Crippen LogP contribution in [0.2, 0.25) is 0 Å². The molecule has 1 aliphatic rings. The lowest BCUT2D eigenvalue weighted by Gasteiger charge is -2.06. The summed E-state index contributed by atoms with van der Waals surface area (Å²) >= 11 is 0. The number of nitrogens with zero attached hydrogens (tertiary/aromatic N) is 2. The van der Waals surface area contributed by atoms with Crippen LogP contribution in [0.5, 0.6) is 0 Å². The van der Waals surface area contributed by atoms with Crippen LogP contribution in [-0.4, -0.2) is 57.9 Å². The van der Waals surface area contributed by atoms with Crippen LogP contribution in [-0.2, 0) is 24.0 Å². The number of carbonyl (C=O) groups excluding carboxylic acids is 2. The monoisotopic (exact) mass is 744 g/mol. The van der Waals surface area contributed by atoms with Crippen LogP contribution in [0.3, 0.4) is 0 Å². The van der Waals surface area contributed by atoms with Crippen molar-refractivity contribution in [2.24, 2.45) is 5.16 Å². The van der Waals surface area contributed by atoms with Gasteiger partial charge in [-0.25, -0.2) is 14.6 Å². The number of carboxylic acids is 1. The Morgan fingerprint density at radius 3 is 1.93 bits per heavy atom. The third-order valence-electron chi connectivity index (χ3n) is 9.48. The molecule has 10 heteroatoms. The molecular formula is C45H52N4O6. The van der Waals surface area contributed by atoms with E-state index in [1.165, 1.54) is 57.4 Å². The van der Waals surface area contributed by atoms with Crippen LogP contribution in [0, 0.1) is 0 Å². The first kappa shape index (κ1) is 40.4. The highest BCUT2D eigenvalue weighted by atomic mass is 16.7. The molecule has 55 heavy (non-hydrogen) atoms. The molecule has 0 spiro atoms. The predicted molar refractivity (Wildman–Crippen MR) is 218 cm³/mol. The van der Waals surface area contributed by atoms with Gasteiger partial charge in [-0.2, -0.15) is 0 Å². The molecule has 5 rings (SSSR count). The van der Waals surface area contributed by atoms with Gasteiger partial charge >= 0.3 is 11.9 Å². The highest BCUT2D eigenvalue weighted by Crippen LogP contribution is 2.34. The van der Waals surface area contributed by atoms with Gasteiger partial charge in [-0.05, 0) is 42.2 Å². The predicted octanol–water partition coefficient (Wildman–Crippen LogP) is 9.61. The molecule has 4 aromatic rings. The maximum Gasteiger partial charge on any atom is 0.348 e. The number of imidazole rings is 1. The number of ether oxygens (including phenoxy) is 1. The summed E-state index contributed by atoms with van der Waals surface area (Å²) in [4.78, 5) is 49.2.